The maximum absolute atomic E-state index is 13.5. The van der Waals surface area contributed by atoms with E-state index in [4.69, 9.17) is 0 Å². The van der Waals surface area contributed by atoms with Crippen molar-refractivity contribution in [3.8, 4) is 0 Å². The lowest BCUT2D eigenvalue weighted by Crippen LogP contribution is -2.35. The van der Waals surface area contributed by atoms with Gasteiger partial charge in [0.05, 0.1) is 4.90 Å². The van der Waals surface area contributed by atoms with Crippen molar-refractivity contribution in [3.63, 3.8) is 0 Å². The van der Waals surface area contributed by atoms with Crippen LogP contribution in [0.2, 0.25) is 0 Å². The number of benzene rings is 1. The summed E-state index contributed by atoms with van der Waals surface area (Å²) in [6, 6.07) is 3.81. The number of halogens is 1. The van der Waals surface area contributed by atoms with Crippen LogP contribution in [0.3, 0.4) is 0 Å². The Labute approximate surface area is 127 Å². The second-order valence-corrected chi connectivity index (χ2v) is 7.17. The van der Waals surface area contributed by atoms with Crippen molar-refractivity contribution in [1.29, 1.82) is 0 Å². The van der Waals surface area contributed by atoms with Gasteiger partial charge in [-0.1, -0.05) is 19.9 Å². The van der Waals surface area contributed by atoms with Crippen LogP contribution in [0.1, 0.15) is 39.2 Å². The topological polar surface area (TPSA) is 49.4 Å². The fourth-order valence-electron chi connectivity index (χ4n) is 1.96. The van der Waals surface area contributed by atoms with E-state index in [2.05, 4.69) is 5.32 Å². The molecule has 21 heavy (non-hydrogen) atoms. The molecule has 0 radical (unpaired) electrons. The Hall–Kier alpha value is -0.980. The van der Waals surface area contributed by atoms with Crippen molar-refractivity contribution < 1.29 is 12.8 Å². The summed E-state index contributed by atoms with van der Waals surface area (Å²) in [5.74, 6) is -0.537. The normalized spacial score (nSPS) is 13.6. The quantitative estimate of drug-likeness (QED) is 0.750. The smallest absolute Gasteiger partial charge is 0.243 e. The van der Waals surface area contributed by atoms with Crippen molar-refractivity contribution in [2.24, 2.45) is 0 Å². The monoisotopic (exact) mass is 316 g/mol. The summed E-state index contributed by atoms with van der Waals surface area (Å²) >= 11 is 0. The third-order valence-electron chi connectivity index (χ3n) is 3.64. The van der Waals surface area contributed by atoms with Crippen LogP contribution < -0.4 is 5.32 Å². The van der Waals surface area contributed by atoms with Crippen LogP contribution in [0, 0.1) is 5.82 Å². The highest BCUT2D eigenvalue weighted by molar-refractivity contribution is 7.89. The molecule has 1 aromatic rings. The van der Waals surface area contributed by atoms with Crippen LogP contribution >= 0.6 is 0 Å². The van der Waals surface area contributed by atoms with Gasteiger partial charge in [0.2, 0.25) is 10.0 Å². The van der Waals surface area contributed by atoms with Crippen LogP contribution in [-0.2, 0) is 16.6 Å². The van der Waals surface area contributed by atoms with Crippen LogP contribution in [0.25, 0.3) is 0 Å². The van der Waals surface area contributed by atoms with Gasteiger partial charge < -0.3 is 5.32 Å². The number of hydrogen-bond acceptors (Lipinski definition) is 3. The van der Waals surface area contributed by atoms with Crippen molar-refractivity contribution in [1.82, 2.24) is 9.62 Å². The molecule has 1 N–H and O–H groups in total. The molecular weight excluding hydrogens is 291 g/mol. The molecule has 0 aromatic heterocycles. The first-order valence-corrected chi connectivity index (χ1v) is 8.75. The van der Waals surface area contributed by atoms with Gasteiger partial charge in [-0.3, -0.25) is 0 Å². The molecule has 4 nitrogen and oxygen atoms in total. The van der Waals surface area contributed by atoms with Gasteiger partial charge in [0.25, 0.3) is 0 Å². The molecule has 1 atom stereocenters. The standard InChI is InChI=1S/C15H25FN2O2S/c1-5-9-17-11-13-7-8-14(16)10-15(13)21(19,20)18(4)12(3)6-2/h7-8,10,12,17H,5-6,9,11H2,1-4H3. The second kappa shape index (κ2) is 7.87. The molecule has 120 valence electrons. The summed E-state index contributed by atoms with van der Waals surface area (Å²) < 4.78 is 40.2. The maximum Gasteiger partial charge on any atom is 0.243 e. The fraction of sp³-hybridized carbons (Fsp3) is 0.600. The highest BCUT2D eigenvalue weighted by Gasteiger charge is 2.27. The van der Waals surface area contributed by atoms with E-state index in [0.29, 0.717) is 18.5 Å². The molecule has 1 aromatic carbocycles. The highest BCUT2D eigenvalue weighted by Crippen LogP contribution is 2.23. The molecule has 1 rings (SSSR count). The Bertz CT molecular complexity index is 561. The average Bonchev–Trinajstić information content (AvgIpc) is 2.47. The van der Waals surface area contributed by atoms with E-state index in [-0.39, 0.29) is 10.9 Å². The molecule has 0 aliphatic heterocycles. The van der Waals surface area contributed by atoms with Crippen molar-refractivity contribution in [2.75, 3.05) is 13.6 Å². The lowest BCUT2D eigenvalue weighted by atomic mass is 10.2. The van der Waals surface area contributed by atoms with E-state index >= 15 is 0 Å². The zero-order chi connectivity index (χ0) is 16.0. The Morgan fingerprint density at radius 2 is 2.00 bits per heavy atom. The van der Waals surface area contributed by atoms with E-state index in [1.807, 2.05) is 20.8 Å². The molecule has 1 unspecified atom stereocenters. The van der Waals surface area contributed by atoms with E-state index in [9.17, 15) is 12.8 Å². The highest BCUT2D eigenvalue weighted by atomic mass is 32.2. The first-order chi connectivity index (χ1) is 9.84. The first kappa shape index (κ1) is 18.1. The van der Waals surface area contributed by atoms with Gasteiger partial charge in [-0.05, 0) is 44.0 Å². The van der Waals surface area contributed by atoms with E-state index in [0.717, 1.165) is 19.0 Å². The number of nitrogens with one attached hydrogen (secondary N) is 1. The second-order valence-electron chi connectivity index (χ2n) is 5.21. The Balaban J connectivity index is 3.17. The van der Waals surface area contributed by atoms with Gasteiger partial charge in [-0.15, -0.1) is 0 Å². The van der Waals surface area contributed by atoms with Gasteiger partial charge in [0.15, 0.2) is 0 Å². The Morgan fingerprint density at radius 3 is 2.57 bits per heavy atom. The molecule has 0 spiro atoms. The minimum atomic E-state index is -3.69. The third kappa shape index (κ3) is 4.49. The summed E-state index contributed by atoms with van der Waals surface area (Å²) in [5, 5.41) is 3.16. The van der Waals surface area contributed by atoms with Crippen LogP contribution in [0.15, 0.2) is 23.1 Å². The van der Waals surface area contributed by atoms with Gasteiger partial charge in [-0.2, -0.15) is 4.31 Å². The Kier molecular flexibility index (Phi) is 6.77. The summed E-state index contributed by atoms with van der Waals surface area (Å²) in [6.45, 7) is 7.00. The van der Waals surface area contributed by atoms with Crippen molar-refractivity contribution in [2.45, 2.75) is 51.1 Å². The predicted molar refractivity (Wildman–Crippen MR) is 83.1 cm³/mol. The SMILES string of the molecule is CCCNCc1ccc(F)cc1S(=O)(=O)N(C)C(C)CC. The number of rotatable bonds is 8. The molecular formula is C15H25FN2O2S. The molecule has 0 saturated carbocycles. The maximum atomic E-state index is 13.5. The predicted octanol–water partition coefficient (Wildman–Crippen LogP) is 2.74. The lowest BCUT2D eigenvalue weighted by molar-refractivity contribution is 0.380. The largest absolute Gasteiger partial charge is 0.313 e. The third-order valence-corrected chi connectivity index (χ3v) is 5.69. The molecule has 0 amide bonds. The van der Waals surface area contributed by atoms with Crippen LogP contribution in [0.5, 0.6) is 0 Å². The minimum Gasteiger partial charge on any atom is -0.313 e. The number of nitrogens with zero attached hydrogens (tertiary/aromatic N) is 1. The summed E-state index contributed by atoms with van der Waals surface area (Å²) in [6.07, 6.45) is 1.66. The summed E-state index contributed by atoms with van der Waals surface area (Å²) in [5.41, 5.74) is 0.597. The average molecular weight is 316 g/mol. The minimum absolute atomic E-state index is 0.0499. The van der Waals surface area contributed by atoms with Gasteiger partial charge in [0.1, 0.15) is 5.82 Å². The van der Waals surface area contributed by atoms with E-state index < -0.39 is 15.8 Å². The summed E-state index contributed by atoms with van der Waals surface area (Å²) in [4.78, 5) is 0.0499. The molecule has 0 aliphatic rings. The van der Waals surface area contributed by atoms with Gasteiger partial charge in [0, 0.05) is 19.6 Å². The molecule has 0 heterocycles. The number of hydrogen-bond donors (Lipinski definition) is 1. The van der Waals surface area contributed by atoms with Gasteiger partial charge in [-0.25, -0.2) is 12.8 Å². The summed E-state index contributed by atoms with van der Waals surface area (Å²) in [7, 11) is -2.15. The Morgan fingerprint density at radius 1 is 1.33 bits per heavy atom. The molecule has 0 fully saturated rings. The lowest BCUT2D eigenvalue weighted by Gasteiger charge is -2.24. The fourth-order valence-corrected chi connectivity index (χ4v) is 3.63. The molecule has 0 bridgehead atoms. The zero-order valence-electron chi connectivity index (χ0n) is 13.2. The van der Waals surface area contributed by atoms with E-state index in [1.54, 1.807) is 0 Å². The molecule has 6 heteroatoms. The van der Waals surface area contributed by atoms with Crippen LogP contribution in [0.4, 0.5) is 4.39 Å². The van der Waals surface area contributed by atoms with Crippen molar-refractivity contribution in [3.05, 3.63) is 29.6 Å². The molecule has 0 aliphatic carbocycles. The number of sulfonamides is 1. The van der Waals surface area contributed by atoms with E-state index in [1.165, 1.54) is 23.5 Å². The first-order valence-electron chi connectivity index (χ1n) is 7.31. The van der Waals surface area contributed by atoms with Gasteiger partial charge >= 0.3 is 0 Å². The van der Waals surface area contributed by atoms with Crippen molar-refractivity contribution >= 4 is 10.0 Å². The van der Waals surface area contributed by atoms with Crippen LogP contribution in [-0.4, -0.2) is 32.4 Å². The molecule has 0 saturated heterocycles. The zero-order valence-corrected chi connectivity index (χ0v) is 14.0.